The number of allylic oxidation sites excluding steroid dienone is 1. The molecule has 1 atom stereocenters. The van der Waals surface area contributed by atoms with Gasteiger partial charge < -0.3 is 10.4 Å². The van der Waals surface area contributed by atoms with Gasteiger partial charge in [0.15, 0.2) is 5.60 Å². The van der Waals surface area contributed by atoms with Crippen LogP contribution in [0.2, 0.25) is 0 Å². The minimum absolute atomic E-state index is 0.342. The number of carbonyl (C=O) groups is 1. The van der Waals surface area contributed by atoms with E-state index in [1.54, 1.807) is 18.2 Å². The number of fused-ring (bicyclic) bond motifs is 1. The summed E-state index contributed by atoms with van der Waals surface area (Å²) >= 11 is 0. The van der Waals surface area contributed by atoms with Crippen LogP contribution in [0.15, 0.2) is 36.9 Å². The maximum absolute atomic E-state index is 11.7. The van der Waals surface area contributed by atoms with E-state index in [1.165, 1.54) is 0 Å². The topological polar surface area (TPSA) is 49.3 Å². The van der Waals surface area contributed by atoms with Gasteiger partial charge in [0.25, 0.3) is 5.91 Å². The maximum Gasteiger partial charge on any atom is 0.261 e. The number of anilines is 1. The zero-order chi connectivity index (χ0) is 10.9. The van der Waals surface area contributed by atoms with E-state index in [2.05, 4.69) is 11.9 Å². The molecular formula is C12H13NO2. The van der Waals surface area contributed by atoms with Crippen LogP contribution in [0.25, 0.3) is 0 Å². The van der Waals surface area contributed by atoms with Crippen LogP contribution in [0.3, 0.4) is 0 Å². The fourth-order valence-corrected chi connectivity index (χ4v) is 1.86. The minimum Gasteiger partial charge on any atom is -0.375 e. The Hall–Kier alpha value is -1.61. The smallest absolute Gasteiger partial charge is 0.261 e. The van der Waals surface area contributed by atoms with Gasteiger partial charge in [-0.1, -0.05) is 24.3 Å². The second-order valence-corrected chi connectivity index (χ2v) is 3.69. The highest BCUT2D eigenvalue weighted by atomic mass is 16.3. The normalized spacial score (nSPS) is 23.4. The second-order valence-electron chi connectivity index (χ2n) is 3.69. The van der Waals surface area contributed by atoms with E-state index < -0.39 is 5.60 Å². The molecule has 3 heteroatoms. The van der Waals surface area contributed by atoms with Crippen LogP contribution in [0, 0.1) is 0 Å². The first-order valence-electron chi connectivity index (χ1n) is 4.93. The van der Waals surface area contributed by atoms with Crippen LogP contribution in [0.1, 0.15) is 18.4 Å². The van der Waals surface area contributed by atoms with Gasteiger partial charge in [0.05, 0.1) is 0 Å². The van der Waals surface area contributed by atoms with Crippen LogP contribution in [-0.4, -0.2) is 11.0 Å². The average molecular weight is 203 g/mol. The van der Waals surface area contributed by atoms with Gasteiger partial charge in [-0.25, -0.2) is 0 Å². The monoisotopic (exact) mass is 203 g/mol. The Morgan fingerprint density at radius 1 is 1.47 bits per heavy atom. The SMILES string of the molecule is C=CCCC1(O)C(=O)Nc2ccccc21. The van der Waals surface area contributed by atoms with Crippen molar-refractivity contribution in [1.82, 2.24) is 0 Å². The third-order valence-electron chi connectivity index (χ3n) is 2.71. The number of aliphatic hydroxyl groups is 1. The molecule has 0 saturated heterocycles. The lowest BCUT2D eigenvalue weighted by Gasteiger charge is -2.19. The molecule has 1 aromatic rings. The largest absolute Gasteiger partial charge is 0.375 e. The van der Waals surface area contributed by atoms with E-state index in [4.69, 9.17) is 0 Å². The average Bonchev–Trinajstić information content (AvgIpc) is 2.50. The molecule has 0 aromatic heterocycles. The number of carbonyl (C=O) groups excluding carboxylic acids is 1. The van der Waals surface area contributed by atoms with Gasteiger partial charge in [0.1, 0.15) is 0 Å². The minimum atomic E-state index is -1.38. The summed E-state index contributed by atoms with van der Waals surface area (Å²) in [6, 6.07) is 7.21. The molecule has 0 saturated carbocycles. The molecule has 1 aromatic carbocycles. The predicted molar refractivity (Wildman–Crippen MR) is 58.4 cm³/mol. The maximum atomic E-state index is 11.7. The van der Waals surface area contributed by atoms with Gasteiger partial charge >= 0.3 is 0 Å². The third kappa shape index (κ3) is 1.45. The van der Waals surface area contributed by atoms with E-state index in [9.17, 15) is 9.90 Å². The highest BCUT2D eigenvalue weighted by molar-refractivity contribution is 6.04. The molecule has 1 unspecified atom stereocenters. The van der Waals surface area contributed by atoms with Crippen molar-refractivity contribution in [2.45, 2.75) is 18.4 Å². The van der Waals surface area contributed by atoms with Crippen molar-refractivity contribution < 1.29 is 9.90 Å². The Kier molecular flexibility index (Phi) is 2.32. The number of rotatable bonds is 3. The summed E-state index contributed by atoms with van der Waals surface area (Å²) in [6.07, 6.45) is 2.68. The standard InChI is InChI=1S/C12H13NO2/c1-2-3-8-12(15)9-6-4-5-7-10(9)13-11(12)14/h2,4-7,15H,1,3,8H2,(H,13,14). The summed E-state index contributed by atoms with van der Waals surface area (Å²) in [6.45, 7) is 3.59. The quantitative estimate of drug-likeness (QED) is 0.736. The Balaban J connectivity index is 2.40. The van der Waals surface area contributed by atoms with Crippen molar-refractivity contribution in [2.24, 2.45) is 0 Å². The summed E-state index contributed by atoms with van der Waals surface area (Å²) in [5.74, 6) is -0.342. The molecule has 0 aliphatic carbocycles. The summed E-state index contributed by atoms with van der Waals surface area (Å²) in [7, 11) is 0. The number of benzene rings is 1. The van der Waals surface area contributed by atoms with E-state index in [0.29, 0.717) is 24.1 Å². The first-order chi connectivity index (χ1) is 7.18. The van der Waals surface area contributed by atoms with Crippen LogP contribution in [-0.2, 0) is 10.4 Å². The fourth-order valence-electron chi connectivity index (χ4n) is 1.86. The second kappa shape index (κ2) is 3.51. The van der Waals surface area contributed by atoms with Gasteiger partial charge in [-0.15, -0.1) is 6.58 Å². The molecule has 3 nitrogen and oxygen atoms in total. The van der Waals surface area contributed by atoms with Gasteiger partial charge in [-0.05, 0) is 18.9 Å². The zero-order valence-electron chi connectivity index (χ0n) is 8.36. The Morgan fingerprint density at radius 2 is 2.20 bits per heavy atom. The number of nitrogens with one attached hydrogen (secondary N) is 1. The number of hydrogen-bond donors (Lipinski definition) is 2. The van der Waals surface area contributed by atoms with Crippen molar-refractivity contribution in [3.05, 3.63) is 42.5 Å². The molecule has 2 rings (SSSR count). The third-order valence-corrected chi connectivity index (χ3v) is 2.71. The van der Waals surface area contributed by atoms with E-state index in [1.807, 2.05) is 12.1 Å². The van der Waals surface area contributed by atoms with Crippen molar-refractivity contribution in [2.75, 3.05) is 5.32 Å². The van der Waals surface area contributed by atoms with Crippen molar-refractivity contribution in [1.29, 1.82) is 0 Å². The lowest BCUT2D eigenvalue weighted by atomic mass is 9.90. The Morgan fingerprint density at radius 3 is 2.93 bits per heavy atom. The predicted octanol–water partition coefficient (Wildman–Crippen LogP) is 1.79. The van der Waals surface area contributed by atoms with Gasteiger partial charge in [-0.2, -0.15) is 0 Å². The summed E-state index contributed by atoms with van der Waals surface area (Å²) < 4.78 is 0. The Bertz CT molecular complexity index is 414. The van der Waals surface area contributed by atoms with E-state index in [0.717, 1.165) is 0 Å². The number of amides is 1. The first-order valence-corrected chi connectivity index (χ1v) is 4.93. The summed E-state index contributed by atoms with van der Waals surface area (Å²) in [5, 5.41) is 13.0. The molecule has 0 fully saturated rings. The van der Waals surface area contributed by atoms with Crippen LogP contribution in [0.4, 0.5) is 5.69 Å². The Labute approximate surface area is 88.4 Å². The molecule has 1 amide bonds. The zero-order valence-corrected chi connectivity index (χ0v) is 8.36. The van der Waals surface area contributed by atoms with E-state index >= 15 is 0 Å². The highest BCUT2D eigenvalue weighted by Crippen LogP contribution is 2.38. The molecule has 0 bridgehead atoms. The molecule has 1 aliphatic heterocycles. The highest BCUT2D eigenvalue weighted by Gasteiger charge is 2.43. The van der Waals surface area contributed by atoms with Crippen molar-refractivity contribution in [3.8, 4) is 0 Å². The van der Waals surface area contributed by atoms with Gasteiger partial charge in [0.2, 0.25) is 0 Å². The van der Waals surface area contributed by atoms with E-state index in [-0.39, 0.29) is 5.91 Å². The molecule has 15 heavy (non-hydrogen) atoms. The van der Waals surface area contributed by atoms with Gasteiger partial charge in [-0.3, -0.25) is 4.79 Å². The van der Waals surface area contributed by atoms with Gasteiger partial charge in [0, 0.05) is 11.3 Å². The lowest BCUT2D eigenvalue weighted by molar-refractivity contribution is -0.134. The summed E-state index contributed by atoms with van der Waals surface area (Å²) in [4.78, 5) is 11.7. The van der Waals surface area contributed by atoms with Crippen molar-refractivity contribution >= 4 is 11.6 Å². The molecule has 0 radical (unpaired) electrons. The molecule has 2 N–H and O–H groups in total. The summed E-state index contributed by atoms with van der Waals surface area (Å²) in [5.41, 5.74) is -0.0176. The molecule has 1 aliphatic rings. The van der Waals surface area contributed by atoms with Crippen LogP contribution < -0.4 is 5.32 Å². The molecule has 1 heterocycles. The molecule has 0 spiro atoms. The lowest BCUT2D eigenvalue weighted by Crippen LogP contribution is -2.33. The first kappa shape index (κ1) is 9.93. The number of para-hydroxylation sites is 1. The fraction of sp³-hybridized carbons (Fsp3) is 0.250. The molecule has 78 valence electrons. The molecular weight excluding hydrogens is 190 g/mol. The van der Waals surface area contributed by atoms with Crippen LogP contribution in [0.5, 0.6) is 0 Å². The van der Waals surface area contributed by atoms with Crippen LogP contribution >= 0.6 is 0 Å². The van der Waals surface area contributed by atoms with Crippen molar-refractivity contribution in [3.63, 3.8) is 0 Å². The number of hydrogen-bond acceptors (Lipinski definition) is 2.